The van der Waals surface area contributed by atoms with Crippen LogP contribution in [0.15, 0.2) is 36.4 Å². The van der Waals surface area contributed by atoms with Gasteiger partial charge < -0.3 is 0 Å². The lowest BCUT2D eigenvalue weighted by Crippen LogP contribution is -1.84. The summed E-state index contributed by atoms with van der Waals surface area (Å²) in [5.41, 5.74) is 2.63. The Morgan fingerprint density at radius 2 is 1.92 bits per heavy atom. The number of rotatable bonds is 1. The van der Waals surface area contributed by atoms with E-state index in [2.05, 4.69) is 56.0 Å². The standard InChI is InChI=1S/C12H12S/c1-9-6-10-4-2-3-5-12(10)11(7-9)8-13/h2-7,13H,8H2,1H3. The van der Waals surface area contributed by atoms with E-state index in [9.17, 15) is 0 Å². The van der Waals surface area contributed by atoms with Gasteiger partial charge >= 0.3 is 0 Å². The van der Waals surface area contributed by atoms with E-state index < -0.39 is 0 Å². The lowest BCUT2D eigenvalue weighted by molar-refractivity contribution is 1.40. The van der Waals surface area contributed by atoms with Crippen LogP contribution >= 0.6 is 12.6 Å². The molecule has 0 radical (unpaired) electrons. The van der Waals surface area contributed by atoms with Gasteiger partial charge in [-0.15, -0.1) is 0 Å². The van der Waals surface area contributed by atoms with Crippen LogP contribution in [-0.4, -0.2) is 0 Å². The van der Waals surface area contributed by atoms with Crippen molar-refractivity contribution in [1.82, 2.24) is 0 Å². The second-order valence-corrected chi connectivity index (χ2v) is 3.62. The van der Waals surface area contributed by atoms with Crippen molar-refractivity contribution in [3.63, 3.8) is 0 Å². The summed E-state index contributed by atoms with van der Waals surface area (Å²) in [7, 11) is 0. The quantitative estimate of drug-likeness (QED) is 0.650. The van der Waals surface area contributed by atoms with Crippen LogP contribution in [0.1, 0.15) is 11.1 Å². The number of thiol groups is 1. The summed E-state index contributed by atoms with van der Waals surface area (Å²) in [6.07, 6.45) is 0. The summed E-state index contributed by atoms with van der Waals surface area (Å²) in [6.45, 7) is 2.12. The van der Waals surface area contributed by atoms with E-state index in [1.165, 1.54) is 21.9 Å². The molecule has 0 aliphatic carbocycles. The molecular weight excluding hydrogens is 176 g/mol. The minimum absolute atomic E-state index is 0.808. The Labute approximate surface area is 84.0 Å². The molecule has 0 saturated carbocycles. The minimum atomic E-state index is 0.808. The summed E-state index contributed by atoms with van der Waals surface area (Å²) in [5.74, 6) is 0.808. The SMILES string of the molecule is Cc1cc(CS)c2ccccc2c1. The van der Waals surface area contributed by atoms with E-state index in [4.69, 9.17) is 0 Å². The van der Waals surface area contributed by atoms with Crippen molar-refractivity contribution in [1.29, 1.82) is 0 Å². The van der Waals surface area contributed by atoms with Gasteiger partial charge in [0.2, 0.25) is 0 Å². The molecule has 13 heavy (non-hydrogen) atoms. The fourth-order valence-corrected chi connectivity index (χ4v) is 1.95. The molecule has 0 saturated heterocycles. The Morgan fingerprint density at radius 3 is 2.69 bits per heavy atom. The molecule has 66 valence electrons. The van der Waals surface area contributed by atoms with Crippen molar-refractivity contribution in [2.75, 3.05) is 0 Å². The van der Waals surface area contributed by atoms with E-state index in [1.807, 2.05) is 0 Å². The Balaban J connectivity index is 2.81. The summed E-state index contributed by atoms with van der Waals surface area (Å²) in [5, 5.41) is 2.63. The minimum Gasteiger partial charge on any atom is -0.175 e. The predicted octanol–water partition coefficient (Wildman–Crippen LogP) is 3.58. The molecule has 0 aromatic heterocycles. The first kappa shape index (κ1) is 8.64. The van der Waals surface area contributed by atoms with Gasteiger partial charge in [0.25, 0.3) is 0 Å². The summed E-state index contributed by atoms with van der Waals surface area (Å²) >= 11 is 4.33. The molecule has 0 aliphatic heterocycles. The van der Waals surface area contributed by atoms with Gasteiger partial charge in [-0.25, -0.2) is 0 Å². The fourth-order valence-electron chi connectivity index (χ4n) is 1.69. The Bertz CT molecular complexity index is 432. The van der Waals surface area contributed by atoms with Crippen LogP contribution in [0.2, 0.25) is 0 Å². The molecule has 0 atom stereocenters. The van der Waals surface area contributed by atoms with E-state index in [0.29, 0.717) is 0 Å². The van der Waals surface area contributed by atoms with Crippen LogP contribution in [-0.2, 0) is 5.75 Å². The second-order valence-electron chi connectivity index (χ2n) is 3.30. The van der Waals surface area contributed by atoms with Gasteiger partial charge in [0.05, 0.1) is 0 Å². The molecule has 0 spiro atoms. The third kappa shape index (κ3) is 1.56. The molecule has 2 rings (SSSR count). The largest absolute Gasteiger partial charge is 0.175 e. The van der Waals surface area contributed by atoms with E-state index >= 15 is 0 Å². The molecule has 0 nitrogen and oxygen atoms in total. The smallest absolute Gasteiger partial charge is 0.0160 e. The van der Waals surface area contributed by atoms with Gasteiger partial charge in [0.15, 0.2) is 0 Å². The Morgan fingerprint density at radius 1 is 1.15 bits per heavy atom. The van der Waals surface area contributed by atoms with E-state index in [0.717, 1.165) is 5.75 Å². The highest BCUT2D eigenvalue weighted by atomic mass is 32.1. The Hall–Kier alpha value is -0.950. The second kappa shape index (κ2) is 3.43. The maximum Gasteiger partial charge on any atom is 0.0160 e. The molecule has 2 aromatic carbocycles. The van der Waals surface area contributed by atoms with Gasteiger partial charge in [0, 0.05) is 5.75 Å². The van der Waals surface area contributed by atoms with Gasteiger partial charge in [-0.2, -0.15) is 12.6 Å². The summed E-state index contributed by atoms with van der Waals surface area (Å²) in [4.78, 5) is 0. The number of fused-ring (bicyclic) bond motifs is 1. The van der Waals surface area contributed by atoms with Crippen LogP contribution in [0.5, 0.6) is 0 Å². The molecule has 0 fully saturated rings. The van der Waals surface area contributed by atoms with Crippen LogP contribution in [0.3, 0.4) is 0 Å². The average molecular weight is 188 g/mol. The van der Waals surface area contributed by atoms with Gasteiger partial charge in [-0.05, 0) is 23.3 Å². The summed E-state index contributed by atoms with van der Waals surface area (Å²) < 4.78 is 0. The van der Waals surface area contributed by atoms with Crippen molar-refractivity contribution in [3.05, 3.63) is 47.5 Å². The average Bonchev–Trinajstić information content (AvgIpc) is 2.16. The summed E-state index contributed by atoms with van der Waals surface area (Å²) in [6, 6.07) is 12.9. The molecule has 0 N–H and O–H groups in total. The lowest BCUT2D eigenvalue weighted by atomic mass is 10.0. The predicted molar refractivity (Wildman–Crippen MR) is 61.4 cm³/mol. The third-order valence-electron chi connectivity index (χ3n) is 2.26. The van der Waals surface area contributed by atoms with Crippen molar-refractivity contribution in [2.24, 2.45) is 0 Å². The van der Waals surface area contributed by atoms with Crippen LogP contribution in [0, 0.1) is 6.92 Å². The highest BCUT2D eigenvalue weighted by Gasteiger charge is 1.99. The zero-order valence-corrected chi connectivity index (χ0v) is 8.51. The van der Waals surface area contributed by atoms with E-state index in [-0.39, 0.29) is 0 Å². The third-order valence-corrected chi connectivity index (χ3v) is 2.60. The van der Waals surface area contributed by atoms with Gasteiger partial charge in [0.1, 0.15) is 0 Å². The van der Waals surface area contributed by atoms with Crippen molar-refractivity contribution in [2.45, 2.75) is 12.7 Å². The van der Waals surface area contributed by atoms with Gasteiger partial charge in [-0.3, -0.25) is 0 Å². The number of hydrogen-bond acceptors (Lipinski definition) is 1. The molecule has 0 aliphatic rings. The van der Waals surface area contributed by atoms with Crippen molar-refractivity contribution < 1.29 is 0 Å². The molecule has 0 amide bonds. The first-order valence-electron chi connectivity index (χ1n) is 4.40. The highest BCUT2D eigenvalue weighted by Crippen LogP contribution is 2.21. The zero-order chi connectivity index (χ0) is 9.26. The van der Waals surface area contributed by atoms with Crippen LogP contribution in [0.25, 0.3) is 10.8 Å². The Kier molecular flexibility index (Phi) is 2.28. The monoisotopic (exact) mass is 188 g/mol. The maximum absolute atomic E-state index is 4.33. The molecule has 0 unspecified atom stereocenters. The first-order chi connectivity index (χ1) is 6.31. The van der Waals surface area contributed by atoms with Crippen molar-refractivity contribution in [3.8, 4) is 0 Å². The normalized spacial score (nSPS) is 10.6. The van der Waals surface area contributed by atoms with Crippen molar-refractivity contribution >= 4 is 23.4 Å². The van der Waals surface area contributed by atoms with Gasteiger partial charge in [-0.1, -0.05) is 42.0 Å². The number of hydrogen-bond donors (Lipinski definition) is 1. The van der Waals surface area contributed by atoms with E-state index in [1.54, 1.807) is 0 Å². The maximum atomic E-state index is 4.33. The number of aryl methyl sites for hydroxylation is 1. The molecular formula is C12H12S. The number of benzene rings is 2. The highest BCUT2D eigenvalue weighted by molar-refractivity contribution is 7.79. The molecule has 0 bridgehead atoms. The molecule has 1 heteroatoms. The fraction of sp³-hybridized carbons (Fsp3) is 0.167. The lowest BCUT2D eigenvalue weighted by Gasteiger charge is -2.05. The molecule has 0 heterocycles. The molecule has 2 aromatic rings. The topological polar surface area (TPSA) is 0 Å². The first-order valence-corrected chi connectivity index (χ1v) is 5.03. The van der Waals surface area contributed by atoms with Crippen LogP contribution < -0.4 is 0 Å². The zero-order valence-electron chi connectivity index (χ0n) is 7.62. The van der Waals surface area contributed by atoms with Crippen LogP contribution in [0.4, 0.5) is 0 Å².